The van der Waals surface area contributed by atoms with Crippen LogP contribution in [0.5, 0.6) is 0 Å². The van der Waals surface area contributed by atoms with Crippen molar-refractivity contribution in [3.05, 3.63) is 0 Å². The minimum absolute atomic E-state index is 0.0229. The molecule has 0 saturated carbocycles. The zero-order valence-corrected chi connectivity index (χ0v) is 9.25. The predicted octanol–water partition coefficient (Wildman–Crippen LogP) is 0.0892. The molecule has 1 amide bonds. The minimum Gasteiger partial charge on any atom is -0.384 e. The highest BCUT2D eigenvalue weighted by Gasteiger charge is 2.24. The number of ether oxygens (including phenoxy) is 1. The number of carbonyl (C=O) groups excluding carboxylic acids is 1. The lowest BCUT2D eigenvalue weighted by Crippen LogP contribution is -2.52. The van der Waals surface area contributed by atoms with Crippen molar-refractivity contribution < 1.29 is 9.53 Å². The molecule has 0 aromatic rings. The number of rotatable bonds is 3. The quantitative estimate of drug-likeness (QED) is 0.702. The summed E-state index contributed by atoms with van der Waals surface area (Å²) in [5, 5.41) is 3.31. The van der Waals surface area contributed by atoms with E-state index in [2.05, 4.69) is 12.2 Å². The molecule has 1 fully saturated rings. The number of piperazine rings is 1. The molecule has 1 rings (SSSR count). The third kappa shape index (κ3) is 2.96. The Morgan fingerprint density at radius 3 is 3.00 bits per heavy atom. The van der Waals surface area contributed by atoms with Gasteiger partial charge in [-0.25, -0.2) is 0 Å². The first kappa shape index (κ1) is 11.5. The van der Waals surface area contributed by atoms with Gasteiger partial charge in [-0.05, 0) is 6.92 Å². The van der Waals surface area contributed by atoms with Crippen LogP contribution in [0.15, 0.2) is 0 Å². The largest absolute Gasteiger partial charge is 0.384 e. The second-order valence-corrected chi connectivity index (χ2v) is 4.00. The molecule has 0 aromatic heterocycles. The first-order valence-corrected chi connectivity index (χ1v) is 5.16. The van der Waals surface area contributed by atoms with Crippen LogP contribution in [-0.4, -0.2) is 50.2 Å². The Kier molecular flexibility index (Phi) is 4.35. The van der Waals surface area contributed by atoms with Crippen LogP contribution in [0.3, 0.4) is 0 Å². The Morgan fingerprint density at radius 2 is 2.43 bits per heavy atom. The highest BCUT2D eigenvalue weighted by atomic mass is 16.5. The zero-order valence-electron chi connectivity index (χ0n) is 9.25. The average molecular weight is 200 g/mol. The van der Waals surface area contributed by atoms with E-state index in [1.54, 1.807) is 7.11 Å². The minimum atomic E-state index is -0.0229. The van der Waals surface area contributed by atoms with Gasteiger partial charge in [0.25, 0.3) is 0 Å². The van der Waals surface area contributed by atoms with Crippen molar-refractivity contribution in [2.24, 2.45) is 5.92 Å². The first-order chi connectivity index (χ1) is 6.65. The number of nitrogens with one attached hydrogen (secondary N) is 1. The van der Waals surface area contributed by atoms with Crippen LogP contribution in [0.2, 0.25) is 0 Å². The summed E-state index contributed by atoms with van der Waals surface area (Å²) in [6.45, 7) is 7.05. The van der Waals surface area contributed by atoms with Crippen LogP contribution in [0.4, 0.5) is 0 Å². The fraction of sp³-hybridized carbons (Fsp3) is 0.900. The maximum Gasteiger partial charge on any atom is 0.227 e. The van der Waals surface area contributed by atoms with E-state index in [-0.39, 0.29) is 11.8 Å². The highest BCUT2D eigenvalue weighted by Crippen LogP contribution is 2.06. The monoisotopic (exact) mass is 200 g/mol. The Bertz CT molecular complexity index is 197. The Morgan fingerprint density at radius 1 is 1.71 bits per heavy atom. The van der Waals surface area contributed by atoms with Crippen LogP contribution in [0, 0.1) is 5.92 Å². The highest BCUT2D eigenvalue weighted by molar-refractivity contribution is 5.78. The summed E-state index contributed by atoms with van der Waals surface area (Å²) in [6.07, 6.45) is 0. The number of hydrogen-bond donors (Lipinski definition) is 1. The van der Waals surface area contributed by atoms with E-state index in [1.807, 2.05) is 11.8 Å². The Hall–Kier alpha value is -0.610. The standard InChI is InChI=1S/C10H20N2O2/c1-8(7-14-3)10(13)12-5-4-11-9(2)6-12/h8-9,11H,4-7H2,1-3H3/t8-,9+/m0/s1. The van der Waals surface area contributed by atoms with Crippen LogP contribution < -0.4 is 5.32 Å². The predicted molar refractivity (Wildman–Crippen MR) is 55.1 cm³/mol. The number of nitrogens with zero attached hydrogens (tertiary/aromatic N) is 1. The maximum absolute atomic E-state index is 11.9. The van der Waals surface area contributed by atoms with E-state index >= 15 is 0 Å². The molecule has 1 aliphatic heterocycles. The Balaban J connectivity index is 2.42. The number of methoxy groups -OCH3 is 1. The topological polar surface area (TPSA) is 41.6 Å². The first-order valence-electron chi connectivity index (χ1n) is 5.16. The lowest BCUT2D eigenvalue weighted by molar-refractivity contribution is -0.137. The van der Waals surface area contributed by atoms with Crippen LogP contribution in [-0.2, 0) is 9.53 Å². The van der Waals surface area contributed by atoms with Crippen molar-refractivity contribution in [3.63, 3.8) is 0 Å². The van der Waals surface area contributed by atoms with E-state index in [0.717, 1.165) is 19.6 Å². The van der Waals surface area contributed by atoms with Gasteiger partial charge in [0, 0.05) is 32.8 Å². The molecule has 1 aliphatic rings. The lowest BCUT2D eigenvalue weighted by Gasteiger charge is -2.33. The van der Waals surface area contributed by atoms with Crippen LogP contribution in [0.1, 0.15) is 13.8 Å². The molecule has 82 valence electrons. The molecule has 4 nitrogen and oxygen atoms in total. The summed E-state index contributed by atoms with van der Waals surface area (Å²) in [5.41, 5.74) is 0. The molecule has 2 atom stereocenters. The molecular weight excluding hydrogens is 180 g/mol. The zero-order chi connectivity index (χ0) is 10.6. The van der Waals surface area contributed by atoms with Gasteiger partial charge in [-0.15, -0.1) is 0 Å². The van der Waals surface area contributed by atoms with Gasteiger partial charge >= 0.3 is 0 Å². The smallest absolute Gasteiger partial charge is 0.227 e. The summed E-state index contributed by atoms with van der Waals surface area (Å²) in [5.74, 6) is 0.186. The van der Waals surface area contributed by atoms with Gasteiger partial charge < -0.3 is 15.0 Å². The number of hydrogen-bond acceptors (Lipinski definition) is 3. The summed E-state index contributed by atoms with van der Waals surface area (Å²) >= 11 is 0. The SMILES string of the molecule is COC[C@H](C)C(=O)N1CCN[C@H](C)C1. The van der Waals surface area contributed by atoms with E-state index in [4.69, 9.17) is 4.74 Å². The van der Waals surface area contributed by atoms with Crippen molar-refractivity contribution >= 4 is 5.91 Å². The molecule has 0 unspecified atom stereocenters. The molecule has 1 N–H and O–H groups in total. The van der Waals surface area contributed by atoms with Crippen molar-refractivity contribution in [1.82, 2.24) is 10.2 Å². The van der Waals surface area contributed by atoms with Crippen molar-refractivity contribution in [3.8, 4) is 0 Å². The van der Waals surface area contributed by atoms with Gasteiger partial charge in [-0.1, -0.05) is 6.92 Å². The third-order valence-corrected chi connectivity index (χ3v) is 2.52. The molecule has 0 aromatic carbocycles. The third-order valence-electron chi connectivity index (χ3n) is 2.52. The molecule has 1 saturated heterocycles. The summed E-state index contributed by atoms with van der Waals surface area (Å²) in [6, 6.07) is 0.405. The lowest BCUT2D eigenvalue weighted by atomic mass is 10.1. The molecule has 0 spiro atoms. The fourth-order valence-electron chi connectivity index (χ4n) is 1.77. The molecule has 1 heterocycles. The van der Waals surface area contributed by atoms with Gasteiger partial charge in [-0.2, -0.15) is 0 Å². The van der Waals surface area contributed by atoms with Crippen LogP contribution in [0.25, 0.3) is 0 Å². The van der Waals surface area contributed by atoms with Crippen LogP contribution >= 0.6 is 0 Å². The molecule has 0 aliphatic carbocycles. The molecule has 0 radical (unpaired) electrons. The van der Waals surface area contributed by atoms with Gasteiger partial charge in [-0.3, -0.25) is 4.79 Å². The summed E-state index contributed by atoms with van der Waals surface area (Å²) < 4.78 is 4.98. The number of carbonyl (C=O) groups is 1. The van der Waals surface area contributed by atoms with E-state index < -0.39 is 0 Å². The van der Waals surface area contributed by atoms with E-state index in [1.165, 1.54) is 0 Å². The normalized spacial score (nSPS) is 24.8. The van der Waals surface area contributed by atoms with Gasteiger partial charge in [0.05, 0.1) is 12.5 Å². The van der Waals surface area contributed by atoms with Gasteiger partial charge in [0.15, 0.2) is 0 Å². The molecule has 4 heteroatoms. The second-order valence-electron chi connectivity index (χ2n) is 4.00. The average Bonchev–Trinajstić information content (AvgIpc) is 2.17. The second kappa shape index (κ2) is 5.32. The van der Waals surface area contributed by atoms with E-state index in [9.17, 15) is 4.79 Å². The van der Waals surface area contributed by atoms with Crippen molar-refractivity contribution in [2.75, 3.05) is 33.4 Å². The summed E-state index contributed by atoms with van der Waals surface area (Å²) in [4.78, 5) is 13.8. The Labute approximate surface area is 85.6 Å². The summed E-state index contributed by atoms with van der Waals surface area (Å²) in [7, 11) is 1.63. The van der Waals surface area contributed by atoms with E-state index in [0.29, 0.717) is 12.6 Å². The van der Waals surface area contributed by atoms with Crippen molar-refractivity contribution in [2.45, 2.75) is 19.9 Å². The van der Waals surface area contributed by atoms with Gasteiger partial charge in [0.2, 0.25) is 5.91 Å². The van der Waals surface area contributed by atoms with Gasteiger partial charge in [0.1, 0.15) is 0 Å². The number of amides is 1. The molecular formula is C10H20N2O2. The maximum atomic E-state index is 11.9. The molecule has 14 heavy (non-hydrogen) atoms. The van der Waals surface area contributed by atoms with Crippen molar-refractivity contribution in [1.29, 1.82) is 0 Å². The molecule has 0 bridgehead atoms. The fourth-order valence-corrected chi connectivity index (χ4v) is 1.77.